The lowest BCUT2D eigenvalue weighted by molar-refractivity contribution is 0.0249. The third-order valence-electron chi connectivity index (χ3n) is 2.42. The first kappa shape index (κ1) is 11.0. The number of hydrogen-bond donors (Lipinski definition) is 0. The minimum Gasteiger partial charge on any atom is -0.233 e. The van der Waals surface area contributed by atoms with Crippen LogP contribution < -0.4 is 0 Å². The Morgan fingerprint density at radius 3 is 2.00 bits per heavy atom. The summed E-state index contributed by atoms with van der Waals surface area (Å²) in [6, 6.07) is 0. The molecular weight excluding hydrogens is 136 g/mol. The fourth-order valence-corrected chi connectivity index (χ4v) is 1.46. The highest BCUT2D eigenvalue weighted by molar-refractivity contribution is 4.65. The quantitative estimate of drug-likeness (QED) is 0.563. The van der Waals surface area contributed by atoms with E-state index in [2.05, 4.69) is 20.8 Å². The zero-order valence-corrected chi connectivity index (χ0v) is 8.10. The van der Waals surface area contributed by atoms with Crippen LogP contribution in [0.4, 0.5) is 0 Å². The highest BCUT2D eigenvalue weighted by Crippen LogP contribution is 2.17. The maximum Gasteiger partial charge on any atom is 0.0957 e. The molecule has 67 valence electrons. The molecular formula is C10H21O. The van der Waals surface area contributed by atoms with E-state index < -0.39 is 0 Å². The topological polar surface area (TPSA) is 19.9 Å². The number of hydrogen-bond acceptors (Lipinski definition) is 0. The summed E-state index contributed by atoms with van der Waals surface area (Å²) in [6.07, 6.45) is 4.93. The molecule has 0 fully saturated rings. The van der Waals surface area contributed by atoms with Crippen LogP contribution in [0.15, 0.2) is 0 Å². The predicted octanol–water partition coefficient (Wildman–Crippen LogP) is 3.41. The Labute approximate surface area is 70.8 Å². The SMILES string of the molecule is CCCCC([O])C(CC)CC. The Hall–Kier alpha value is -0.0400. The van der Waals surface area contributed by atoms with E-state index in [9.17, 15) is 5.11 Å². The van der Waals surface area contributed by atoms with Gasteiger partial charge < -0.3 is 0 Å². The van der Waals surface area contributed by atoms with Crippen LogP contribution in [0, 0.1) is 5.92 Å². The Kier molecular flexibility index (Phi) is 6.63. The van der Waals surface area contributed by atoms with Crippen molar-refractivity contribution in [3.8, 4) is 0 Å². The van der Waals surface area contributed by atoms with Gasteiger partial charge >= 0.3 is 0 Å². The summed E-state index contributed by atoms with van der Waals surface area (Å²) in [6.45, 7) is 6.37. The van der Waals surface area contributed by atoms with Gasteiger partial charge in [-0.1, -0.05) is 46.5 Å². The summed E-state index contributed by atoms with van der Waals surface area (Å²) in [7, 11) is 0. The monoisotopic (exact) mass is 157 g/mol. The molecule has 0 saturated heterocycles. The molecule has 0 aromatic rings. The van der Waals surface area contributed by atoms with E-state index in [1.807, 2.05) is 0 Å². The van der Waals surface area contributed by atoms with Gasteiger partial charge in [-0.2, -0.15) is 0 Å². The maximum atomic E-state index is 11.4. The molecule has 0 saturated carbocycles. The van der Waals surface area contributed by atoms with E-state index in [1.54, 1.807) is 0 Å². The lowest BCUT2D eigenvalue weighted by Gasteiger charge is -2.17. The van der Waals surface area contributed by atoms with E-state index in [-0.39, 0.29) is 6.10 Å². The van der Waals surface area contributed by atoms with E-state index in [0.717, 1.165) is 32.1 Å². The summed E-state index contributed by atoms with van der Waals surface area (Å²) in [5.74, 6) is 0.418. The summed E-state index contributed by atoms with van der Waals surface area (Å²) >= 11 is 0. The average Bonchev–Trinajstić information content (AvgIpc) is 2.03. The predicted molar refractivity (Wildman–Crippen MR) is 48.1 cm³/mol. The molecule has 11 heavy (non-hydrogen) atoms. The fraction of sp³-hybridized carbons (Fsp3) is 1.00. The van der Waals surface area contributed by atoms with Crippen molar-refractivity contribution >= 4 is 0 Å². The minimum atomic E-state index is -0.301. The van der Waals surface area contributed by atoms with Crippen LogP contribution in [0.3, 0.4) is 0 Å². The van der Waals surface area contributed by atoms with Crippen LogP contribution in [-0.2, 0) is 5.11 Å². The fourth-order valence-electron chi connectivity index (χ4n) is 1.46. The standard InChI is InChI=1S/C10H21O/c1-4-7-8-10(11)9(5-2)6-3/h9-10H,4-8H2,1-3H3. The van der Waals surface area contributed by atoms with Gasteiger partial charge in [0.05, 0.1) is 6.10 Å². The minimum absolute atomic E-state index is 0.301. The molecule has 0 rings (SSSR count). The van der Waals surface area contributed by atoms with Gasteiger partial charge in [0.25, 0.3) is 0 Å². The first-order valence-electron chi connectivity index (χ1n) is 4.92. The third-order valence-corrected chi connectivity index (χ3v) is 2.42. The molecule has 0 spiro atoms. The normalized spacial score (nSPS) is 13.9. The molecule has 1 heteroatoms. The molecule has 0 N–H and O–H groups in total. The first-order valence-corrected chi connectivity index (χ1v) is 4.92. The first-order chi connectivity index (χ1) is 5.26. The molecule has 0 aromatic heterocycles. The highest BCUT2D eigenvalue weighted by atomic mass is 16.3. The Morgan fingerprint density at radius 2 is 1.64 bits per heavy atom. The van der Waals surface area contributed by atoms with Crippen molar-refractivity contribution in [2.45, 2.75) is 59.0 Å². The van der Waals surface area contributed by atoms with Crippen molar-refractivity contribution in [3.05, 3.63) is 0 Å². The van der Waals surface area contributed by atoms with Crippen LogP contribution in [0.5, 0.6) is 0 Å². The molecule has 1 nitrogen and oxygen atoms in total. The van der Waals surface area contributed by atoms with Gasteiger partial charge in [0, 0.05) is 0 Å². The van der Waals surface area contributed by atoms with Crippen LogP contribution >= 0.6 is 0 Å². The average molecular weight is 157 g/mol. The van der Waals surface area contributed by atoms with Crippen molar-refractivity contribution in [1.29, 1.82) is 0 Å². The highest BCUT2D eigenvalue weighted by Gasteiger charge is 2.15. The molecule has 1 radical (unpaired) electrons. The van der Waals surface area contributed by atoms with Gasteiger partial charge in [-0.3, -0.25) is 0 Å². The lowest BCUT2D eigenvalue weighted by atomic mass is 9.93. The molecule has 0 aliphatic heterocycles. The summed E-state index contributed by atoms with van der Waals surface area (Å²) in [4.78, 5) is 0. The van der Waals surface area contributed by atoms with Crippen molar-refractivity contribution in [2.24, 2.45) is 5.92 Å². The Morgan fingerprint density at radius 1 is 1.09 bits per heavy atom. The lowest BCUT2D eigenvalue weighted by Crippen LogP contribution is -2.17. The Balaban J connectivity index is 3.51. The molecule has 0 aromatic carbocycles. The van der Waals surface area contributed by atoms with Gasteiger partial charge in [-0.25, -0.2) is 5.11 Å². The number of unbranched alkanes of at least 4 members (excludes halogenated alkanes) is 1. The van der Waals surface area contributed by atoms with Crippen LogP contribution in [0.1, 0.15) is 52.9 Å². The Bertz CT molecular complexity index is 76.9. The molecule has 0 heterocycles. The molecule has 0 bridgehead atoms. The van der Waals surface area contributed by atoms with E-state index in [1.165, 1.54) is 0 Å². The second kappa shape index (κ2) is 6.66. The van der Waals surface area contributed by atoms with Gasteiger partial charge in [-0.05, 0) is 12.3 Å². The zero-order chi connectivity index (χ0) is 8.69. The van der Waals surface area contributed by atoms with Crippen molar-refractivity contribution < 1.29 is 5.11 Å². The van der Waals surface area contributed by atoms with Gasteiger partial charge in [0.1, 0.15) is 0 Å². The largest absolute Gasteiger partial charge is 0.233 e. The van der Waals surface area contributed by atoms with Crippen molar-refractivity contribution in [1.82, 2.24) is 0 Å². The zero-order valence-electron chi connectivity index (χ0n) is 8.10. The van der Waals surface area contributed by atoms with Gasteiger partial charge in [0.2, 0.25) is 0 Å². The number of rotatable bonds is 6. The molecule has 1 unspecified atom stereocenters. The van der Waals surface area contributed by atoms with E-state index in [4.69, 9.17) is 0 Å². The smallest absolute Gasteiger partial charge is 0.0957 e. The summed E-state index contributed by atoms with van der Waals surface area (Å²) in [5, 5.41) is 11.4. The molecule has 0 aliphatic carbocycles. The maximum absolute atomic E-state index is 11.4. The van der Waals surface area contributed by atoms with Crippen LogP contribution in [-0.4, -0.2) is 6.10 Å². The van der Waals surface area contributed by atoms with E-state index in [0.29, 0.717) is 5.92 Å². The molecule has 0 amide bonds. The van der Waals surface area contributed by atoms with Gasteiger partial charge in [-0.15, -0.1) is 0 Å². The summed E-state index contributed by atoms with van der Waals surface area (Å²) in [5.41, 5.74) is 0. The second-order valence-electron chi connectivity index (χ2n) is 3.26. The van der Waals surface area contributed by atoms with Crippen molar-refractivity contribution in [2.75, 3.05) is 0 Å². The van der Waals surface area contributed by atoms with Crippen LogP contribution in [0.2, 0.25) is 0 Å². The van der Waals surface area contributed by atoms with Crippen molar-refractivity contribution in [3.63, 3.8) is 0 Å². The van der Waals surface area contributed by atoms with E-state index >= 15 is 0 Å². The third kappa shape index (κ3) is 4.41. The summed E-state index contributed by atoms with van der Waals surface area (Å²) < 4.78 is 0. The second-order valence-corrected chi connectivity index (χ2v) is 3.26. The van der Waals surface area contributed by atoms with Crippen LogP contribution in [0.25, 0.3) is 0 Å². The molecule has 1 atom stereocenters. The van der Waals surface area contributed by atoms with Gasteiger partial charge in [0.15, 0.2) is 0 Å². The molecule has 0 aliphatic rings.